The van der Waals surface area contributed by atoms with Gasteiger partial charge in [0, 0.05) is 25.4 Å². The summed E-state index contributed by atoms with van der Waals surface area (Å²) >= 11 is 0. The highest BCUT2D eigenvalue weighted by Crippen LogP contribution is 2.26. The number of fused-ring (bicyclic) bond motifs is 1. The molecule has 0 saturated carbocycles. The van der Waals surface area contributed by atoms with Crippen LogP contribution in [-0.2, 0) is 9.53 Å². The van der Waals surface area contributed by atoms with Crippen molar-refractivity contribution >= 4 is 12.0 Å². The van der Waals surface area contributed by atoms with Crippen molar-refractivity contribution in [2.24, 2.45) is 5.92 Å². The molecule has 2 aliphatic rings. The van der Waals surface area contributed by atoms with E-state index in [4.69, 9.17) is 4.74 Å². The molecule has 0 spiro atoms. The Kier molecular flexibility index (Phi) is 2.56. The fourth-order valence-electron chi connectivity index (χ4n) is 2.22. The van der Waals surface area contributed by atoms with E-state index in [-0.39, 0.29) is 24.0 Å². The third-order valence-corrected chi connectivity index (χ3v) is 2.89. The molecule has 16 heavy (non-hydrogen) atoms. The van der Waals surface area contributed by atoms with Gasteiger partial charge >= 0.3 is 6.09 Å². The summed E-state index contributed by atoms with van der Waals surface area (Å²) in [6, 6.07) is 0.125. The summed E-state index contributed by atoms with van der Waals surface area (Å²) in [7, 11) is 0. The first kappa shape index (κ1) is 11.2. The van der Waals surface area contributed by atoms with Crippen molar-refractivity contribution in [2.45, 2.75) is 38.8 Å². The lowest BCUT2D eigenvalue weighted by Crippen LogP contribution is -2.38. The highest BCUT2D eigenvalue weighted by Gasteiger charge is 2.42. The van der Waals surface area contributed by atoms with Crippen LogP contribution >= 0.6 is 0 Å². The topological polar surface area (TPSA) is 58.6 Å². The molecule has 2 aliphatic heterocycles. The van der Waals surface area contributed by atoms with E-state index in [9.17, 15) is 9.59 Å². The Morgan fingerprint density at radius 3 is 2.69 bits per heavy atom. The normalized spacial score (nSPS) is 28.9. The van der Waals surface area contributed by atoms with Gasteiger partial charge in [-0.3, -0.25) is 4.79 Å². The number of carbonyl (C=O) groups excluding carboxylic acids is 2. The Bertz CT molecular complexity index is 306. The minimum atomic E-state index is -0.460. The second kappa shape index (κ2) is 3.64. The van der Waals surface area contributed by atoms with Crippen LogP contribution in [0.1, 0.15) is 27.2 Å². The zero-order valence-electron chi connectivity index (χ0n) is 9.95. The molecule has 2 amide bonds. The fraction of sp³-hybridized carbons (Fsp3) is 0.818. The molecule has 0 aromatic rings. The lowest BCUT2D eigenvalue weighted by Gasteiger charge is -2.24. The Morgan fingerprint density at radius 2 is 2.12 bits per heavy atom. The van der Waals surface area contributed by atoms with Gasteiger partial charge in [0.05, 0.1) is 6.04 Å². The molecule has 0 aliphatic carbocycles. The van der Waals surface area contributed by atoms with Gasteiger partial charge < -0.3 is 15.0 Å². The predicted octanol–water partition coefficient (Wildman–Crippen LogP) is 0.742. The van der Waals surface area contributed by atoms with Crippen molar-refractivity contribution in [2.75, 3.05) is 13.1 Å². The number of likely N-dealkylation sites (tertiary alicyclic amines) is 1. The van der Waals surface area contributed by atoms with Crippen molar-refractivity contribution in [3.05, 3.63) is 0 Å². The molecule has 5 heteroatoms. The lowest BCUT2D eigenvalue weighted by molar-refractivity contribution is -0.119. The summed E-state index contributed by atoms with van der Waals surface area (Å²) in [4.78, 5) is 24.6. The summed E-state index contributed by atoms with van der Waals surface area (Å²) in [5.74, 6) is 0.360. The third kappa shape index (κ3) is 2.28. The van der Waals surface area contributed by atoms with Gasteiger partial charge in [-0.15, -0.1) is 0 Å². The molecule has 0 radical (unpaired) electrons. The maximum absolute atomic E-state index is 11.8. The van der Waals surface area contributed by atoms with Crippen LogP contribution < -0.4 is 5.32 Å². The molecule has 5 nitrogen and oxygen atoms in total. The number of amides is 2. The molecule has 2 saturated heterocycles. The first-order valence-electron chi connectivity index (χ1n) is 5.62. The molecule has 0 aromatic heterocycles. The van der Waals surface area contributed by atoms with Gasteiger partial charge in [-0.2, -0.15) is 0 Å². The largest absolute Gasteiger partial charge is 0.444 e. The Hall–Kier alpha value is -1.26. The number of carbonyl (C=O) groups is 2. The van der Waals surface area contributed by atoms with Crippen LogP contribution in [0.3, 0.4) is 0 Å². The predicted molar refractivity (Wildman–Crippen MR) is 57.8 cm³/mol. The minimum absolute atomic E-state index is 0.0961. The molecule has 0 bridgehead atoms. The third-order valence-electron chi connectivity index (χ3n) is 2.89. The maximum Gasteiger partial charge on any atom is 0.410 e. The quantitative estimate of drug-likeness (QED) is 0.663. The van der Waals surface area contributed by atoms with E-state index in [1.54, 1.807) is 4.90 Å². The Labute approximate surface area is 95.1 Å². The van der Waals surface area contributed by atoms with Crippen molar-refractivity contribution in [3.8, 4) is 0 Å². The summed E-state index contributed by atoms with van der Waals surface area (Å²) < 4.78 is 5.29. The van der Waals surface area contributed by atoms with E-state index in [1.807, 2.05) is 20.8 Å². The first-order valence-corrected chi connectivity index (χ1v) is 5.62. The van der Waals surface area contributed by atoms with E-state index >= 15 is 0 Å². The minimum Gasteiger partial charge on any atom is -0.444 e. The van der Waals surface area contributed by atoms with E-state index in [1.165, 1.54) is 0 Å². The van der Waals surface area contributed by atoms with Crippen LogP contribution in [0, 0.1) is 5.92 Å². The molecule has 2 fully saturated rings. The number of ether oxygens (including phenoxy) is 1. The van der Waals surface area contributed by atoms with Gasteiger partial charge in [-0.25, -0.2) is 4.79 Å². The van der Waals surface area contributed by atoms with Crippen LogP contribution in [0.25, 0.3) is 0 Å². The van der Waals surface area contributed by atoms with Crippen LogP contribution in [0.2, 0.25) is 0 Å². The molecule has 2 unspecified atom stereocenters. The highest BCUT2D eigenvalue weighted by atomic mass is 16.6. The SMILES string of the molecule is CC(C)(C)OC(=O)N1CC2CC(=O)NC2C1. The highest BCUT2D eigenvalue weighted by molar-refractivity contribution is 5.80. The second-order valence-electron chi connectivity index (χ2n) is 5.52. The van der Waals surface area contributed by atoms with Gasteiger partial charge in [0.2, 0.25) is 5.91 Å². The van der Waals surface area contributed by atoms with E-state index < -0.39 is 5.60 Å². The van der Waals surface area contributed by atoms with Crippen molar-refractivity contribution < 1.29 is 14.3 Å². The fourth-order valence-corrected chi connectivity index (χ4v) is 2.22. The Morgan fingerprint density at radius 1 is 1.44 bits per heavy atom. The first-order chi connectivity index (χ1) is 7.35. The smallest absolute Gasteiger partial charge is 0.410 e. The summed E-state index contributed by atoms with van der Waals surface area (Å²) in [5.41, 5.74) is -0.460. The zero-order valence-corrected chi connectivity index (χ0v) is 9.95. The molecule has 2 rings (SSSR count). The van der Waals surface area contributed by atoms with Crippen LogP contribution in [0.15, 0.2) is 0 Å². The standard InChI is InChI=1S/C11H18N2O3/c1-11(2,3)16-10(15)13-5-7-4-9(14)12-8(7)6-13/h7-8H,4-6H2,1-3H3,(H,12,14). The molecule has 0 aromatic carbocycles. The number of nitrogens with zero attached hydrogens (tertiary/aromatic N) is 1. The van der Waals surface area contributed by atoms with Crippen LogP contribution in [0.5, 0.6) is 0 Å². The monoisotopic (exact) mass is 226 g/mol. The van der Waals surface area contributed by atoms with Gasteiger partial charge in [-0.1, -0.05) is 0 Å². The van der Waals surface area contributed by atoms with E-state index in [0.717, 1.165) is 0 Å². The average Bonchev–Trinajstić information content (AvgIpc) is 2.56. The second-order valence-corrected chi connectivity index (χ2v) is 5.52. The van der Waals surface area contributed by atoms with Crippen LogP contribution in [-0.4, -0.2) is 41.6 Å². The molecular weight excluding hydrogens is 208 g/mol. The number of rotatable bonds is 0. The number of nitrogens with one attached hydrogen (secondary N) is 1. The van der Waals surface area contributed by atoms with Crippen molar-refractivity contribution in [1.82, 2.24) is 10.2 Å². The summed E-state index contributed by atoms with van der Waals surface area (Å²) in [5, 5.41) is 2.88. The molecule has 2 atom stereocenters. The summed E-state index contributed by atoms with van der Waals surface area (Å²) in [6.45, 7) is 6.75. The maximum atomic E-state index is 11.8. The molecule has 1 N–H and O–H groups in total. The number of hydrogen-bond donors (Lipinski definition) is 1. The molecule has 2 heterocycles. The number of hydrogen-bond acceptors (Lipinski definition) is 3. The summed E-state index contributed by atoms with van der Waals surface area (Å²) in [6.07, 6.45) is 0.250. The molecule has 90 valence electrons. The van der Waals surface area contributed by atoms with Crippen LogP contribution in [0.4, 0.5) is 4.79 Å². The van der Waals surface area contributed by atoms with E-state index in [0.29, 0.717) is 19.5 Å². The zero-order chi connectivity index (χ0) is 11.9. The van der Waals surface area contributed by atoms with Crippen molar-refractivity contribution in [3.63, 3.8) is 0 Å². The van der Waals surface area contributed by atoms with Gasteiger partial charge in [0.25, 0.3) is 0 Å². The average molecular weight is 226 g/mol. The van der Waals surface area contributed by atoms with Gasteiger partial charge in [0.15, 0.2) is 0 Å². The van der Waals surface area contributed by atoms with Crippen molar-refractivity contribution in [1.29, 1.82) is 0 Å². The van der Waals surface area contributed by atoms with Gasteiger partial charge in [-0.05, 0) is 20.8 Å². The lowest BCUT2D eigenvalue weighted by atomic mass is 10.1. The molecular formula is C11H18N2O3. The van der Waals surface area contributed by atoms with E-state index in [2.05, 4.69) is 5.32 Å². The van der Waals surface area contributed by atoms with Gasteiger partial charge in [0.1, 0.15) is 5.60 Å². The Balaban J connectivity index is 1.90.